The van der Waals surface area contributed by atoms with Crippen molar-refractivity contribution in [2.75, 3.05) is 0 Å². The van der Waals surface area contributed by atoms with E-state index in [-0.39, 0.29) is 17.0 Å². The van der Waals surface area contributed by atoms with Crippen LogP contribution in [0.2, 0.25) is 0 Å². The lowest BCUT2D eigenvalue weighted by atomic mass is 9.80. The molecule has 0 saturated carbocycles. The van der Waals surface area contributed by atoms with Crippen LogP contribution in [-0.2, 0) is 5.41 Å². The summed E-state index contributed by atoms with van der Waals surface area (Å²) in [6, 6.07) is 56.2. The summed E-state index contributed by atoms with van der Waals surface area (Å²) in [6.45, 7) is 10.1. The van der Waals surface area contributed by atoms with Gasteiger partial charge in [-0.05, 0) is 114 Å². The monoisotopic (exact) mass is 674 g/mol. The number of carbonyl (C=O) groups excluding carboxylic acids is 2. The smallest absolute Gasteiger partial charge is 0.161 e. The average Bonchev–Trinajstić information content (AvgIpc) is 3.14. The molecule has 9 aromatic carbocycles. The van der Waals surface area contributed by atoms with Crippen molar-refractivity contribution in [3.8, 4) is 0 Å². The summed E-state index contributed by atoms with van der Waals surface area (Å²) >= 11 is 0. The van der Waals surface area contributed by atoms with Gasteiger partial charge in [0.1, 0.15) is 0 Å². The molecule has 0 aromatic heterocycles. The quantitative estimate of drug-likeness (QED) is 0.135. The van der Waals surface area contributed by atoms with E-state index in [9.17, 15) is 9.59 Å². The molecule has 9 aromatic rings. The first-order chi connectivity index (χ1) is 25.1. The van der Waals surface area contributed by atoms with Gasteiger partial charge in [0.2, 0.25) is 0 Å². The summed E-state index contributed by atoms with van der Waals surface area (Å²) in [5.41, 5.74) is 3.24. The molecule has 0 atom stereocenters. The molecule has 0 radical (unpaired) electrons. The topological polar surface area (TPSA) is 34.1 Å². The lowest BCUT2D eigenvalue weighted by molar-refractivity contribution is 0.101. The second kappa shape index (κ2) is 14.2. The van der Waals surface area contributed by atoms with E-state index in [0.29, 0.717) is 0 Å². The Morgan fingerprint density at radius 3 is 1.15 bits per heavy atom. The largest absolute Gasteiger partial charge is 0.294 e. The first-order valence-corrected chi connectivity index (χ1v) is 17.8. The number of fused-ring (bicyclic) bond motifs is 6. The normalized spacial score (nSPS) is 11.3. The molecule has 9 rings (SSSR count). The highest BCUT2D eigenvalue weighted by molar-refractivity contribution is 6.18. The SMILES string of the molecule is CC(=O)c1c2ccccc2cc2ccccc12.CC(=O)c1cccc2cc3ccccc3cc12.CC(C)(C)c1c2ccccc2cc2ccccc12. The van der Waals surface area contributed by atoms with Gasteiger partial charge in [0.15, 0.2) is 11.6 Å². The molecule has 0 amide bonds. The zero-order chi connectivity index (χ0) is 36.4. The maximum Gasteiger partial charge on any atom is 0.161 e. The van der Waals surface area contributed by atoms with Crippen molar-refractivity contribution < 1.29 is 9.59 Å². The first-order valence-electron chi connectivity index (χ1n) is 17.8. The van der Waals surface area contributed by atoms with Crippen molar-refractivity contribution in [3.63, 3.8) is 0 Å². The lowest BCUT2D eigenvalue weighted by Gasteiger charge is -2.24. The van der Waals surface area contributed by atoms with Crippen LogP contribution in [0.1, 0.15) is 60.9 Å². The van der Waals surface area contributed by atoms with Gasteiger partial charge in [0, 0.05) is 11.1 Å². The Kier molecular flexibility index (Phi) is 9.41. The lowest BCUT2D eigenvalue weighted by Crippen LogP contribution is -2.12. The van der Waals surface area contributed by atoms with E-state index in [0.717, 1.165) is 43.4 Å². The Morgan fingerprint density at radius 2 is 0.712 bits per heavy atom. The summed E-state index contributed by atoms with van der Waals surface area (Å²) in [5, 5.41) is 14.3. The van der Waals surface area contributed by atoms with Gasteiger partial charge in [-0.2, -0.15) is 0 Å². The zero-order valence-corrected chi connectivity index (χ0v) is 30.4. The van der Waals surface area contributed by atoms with Gasteiger partial charge in [0.25, 0.3) is 0 Å². The zero-order valence-electron chi connectivity index (χ0n) is 30.4. The predicted molar refractivity (Wildman–Crippen MR) is 223 cm³/mol. The molecule has 254 valence electrons. The molecular formula is C50H42O2. The molecule has 0 aliphatic rings. The molecule has 0 aliphatic carbocycles. The summed E-state index contributed by atoms with van der Waals surface area (Å²) in [4.78, 5) is 23.5. The minimum absolute atomic E-state index is 0.117. The van der Waals surface area contributed by atoms with Crippen LogP contribution in [0.25, 0.3) is 64.6 Å². The van der Waals surface area contributed by atoms with Gasteiger partial charge in [-0.3, -0.25) is 9.59 Å². The third kappa shape index (κ3) is 6.81. The van der Waals surface area contributed by atoms with Gasteiger partial charge < -0.3 is 0 Å². The Balaban J connectivity index is 0.000000121. The van der Waals surface area contributed by atoms with Crippen LogP contribution in [0.15, 0.2) is 164 Å². The fourth-order valence-corrected chi connectivity index (χ4v) is 7.49. The molecule has 0 fully saturated rings. The van der Waals surface area contributed by atoms with Crippen molar-refractivity contribution in [1.82, 2.24) is 0 Å². The maximum absolute atomic E-state index is 11.9. The molecule has 2 heteroatoms. The van der Waals surface area contributed by atoms with E-state index in [4.69, 9.17) is 0 Å². The number of Topliss-reactive ketones (excluding diaryl/α,β-unsaturated/α-hetero) is 2. The Labute approximate surface area is 305 Å². The number of benzene rings is 9. The van der Waals surface area contributed by atoms with Crippen LogP contribution in [0.4, 0.5) is 0 Å². The van der Waals surface area contributed by atoms with E-state index >= 15 is 0 Å². The summed E-state index contributed by atoms with van der Waals surface area (Å²) in [7, 11) is 0. The number of hydrogen-bond acceptors (Lipinski definition) is 2. The number of hydrogen-bond donors (Lipinski definition) is 0. The highest BCUT2D eigenvalue weighted by atomic mass is 16.1. The van der Waals surface area contributed by atoms with Crippen molar-refractivity contribution in [2.45, 2.75) is 40.0 Å². The predicted octanol–water partition coefficient (Wildman–Crippen LogP) is 13.7. The summed E-state index contributed by atoms with van der Waals surface area (Å²) in [6.07, 6.45) is 0. The Hall–Kier alpha value is -6.12. The van der Waals surface area contributed by atoms with Crippen molar-refractivity contribution >= 4 is 76.2 Å². The fourth-order valence-electron chi connectivity index (χ4n) is 7.49. The van der Waals surface area contributed by atoms with Crippen LogP contribution < -0.4 is 0 Å². The third-order valence-corrected chi connectivity index (χ3v) is 9.77. The van der Waals surface area contributed by atoms with Gasteiger partial charge in [-0.1, -0.05) is 160 Å². The van der Waals surface area contributed by atoms with E-state index in [1.54, 1.807) is 13.8 Å². The van der Waals surface area contributed by atoms with Crippen LogP contribution in [0, 0.1) is 0 Å². The Morgan fingerprint density at radius 1 is 0.365 bits per heavy atom. The fraction of sp³-hybridized carbons (Fsp3) is 0.120. The molecule has 0 N–H and O–H groups in total. The second-order valence-electron chi connectivity index (χ2n) is 14.5. The van der Waals surface area contributed by atoms with Crippen molar-refractivity contribution in [2.24, 2.45) is 0 Å². The molecule has 0 bridgehead atoms. The number of carbonyl (C=O) groups is 2. The number of rotatable bonds is 2. The maximum atomic E-state index is 11.9. The van der Waals surface area contributed by atoms with Crippen molar-refractivity contribution in [3.05, 3.63) is 180 Å². The Bertz CT molecular complexity index is 2650. The molecular weight excluding hydrogens is 633 g/mol. The minimum Gasteiger partial charge on any atom is -0.294 e. The second-order valence-corrected chi connectivity index (χ2v) is 14.5. The van der Waals surface area contributed by atoms with Crippen LogP contribution in [0.5, 0.6) is 0 Å². The molecule has 0 spiro atoms. The number of ketones is 2. The molecule has 0 aliphatic heterocycles. The molecule has 52 heavy (non-hydrogen) atoms. The highest BCUT2D eigenvalue weighted by Gasteiger charge is 2.20. The van der Waals surface area contributed by atoms with Gasteiger partial charge >= 0.3 is 0 Å². The van der Waals surface area contributed by atoms with Crippen LogP contribution >= 0.6 is 0 Å². The van der Waals surface area contributed by atoms with E-state index < -0.39 is 0 Å². The standard InChI is InChI=1S/C18H18.2C16H12O/c1-18(2,3)17-15-10-6-4-8-13(15)12-14-9-5-7-11-16(14)17;1-11(17)16-14-8-4-2-6-12(14)10-13-7-3-5-9-15(13)16;1-11(17)15-8-4-7-14-9-12-5-2-3-6-13(12)10-16(14)15/h4-12H,1-3H3;2*2-10H,1H3. The molecule has 0 heterocycles. The molecule has 0 saturated heterocycles. The van der Waals surface area contributed by atoms with E-state index in [2.05, 4.69) is 106 Å². The minimum atomic E-state index is 0.117. The summed E-state index contributed by atoms with van der Waals surface area (Å²) in [5.74, 6) is 0.240. The van der Waals surface area contributed by atoms with Crippen LogP contribution in [0.3, 0.4) is 0 Å². The van der Waals surface area contributed by atoms with Crippen molar-refractivity contribution in [1.29, 1.82) is 0 Å². The van der Waals surface area contributed by atoms with Crippen LogP contribution in [-0.4, -0.2) is 11.6 Å². The van der Waals surface area contributed by atoms with Gasteiger partial charge in [0.05, 0.1) is 0 Å². The van der Waals surface area contributed by atoms with E-state index in [1.807, 2.05) is 78.9 Å². The molecule has 2 nitrogen and oxygen atoms in total. The van der Waals surface area contributed by atoms with E-state index in [1.165, 1.54) is 37.9 Å². The first kappa shape index (κ1) is 34.3. The highest BCUT2D eigenvalue weighted by Crippen LogP contribution is 2.36. The third-order valence-electron chi connectivity index (χ3n) is 9.77. The molecule has 0 unspecified atom stereocenters. The average molecular weight is 675 g/mol. The summed E-state index contributed by atoms with van der Waals surface area (Å²) < 4.78 is 0. The van der Waals surface area contributed by atoms with Gasteiger partial charge in [-0.25, -0.2) is 0 Å². The van der Waals surface area contributed by atoms with Gasteiger partial charge in [-0.15, -0.1) is 0 Å².